The second kappa shape index (κ2) is 17.0. The van der Waals surface area contributed by atoms with Gasteiger partial charge in [0.1, 0.15) is 0 Å². The average molecular weight is 509 g/mol. The highest BCUT2D eigenvalue weighted by molar-refractivity contribution is 5.78. The van der Waals surface area contributed by atoms with Crippen molar-refractivity contribution in [2.75, 3.05) is 7.11 Å². The SMILES string of the molecule is CCC(CCCC(CCCC(C)c1ccccc1)C(CC(=O)OC)C(=O)O)CC(CC)c1ccccc1. The van der Waals surface area contributed by atoms with Crippen molar-refractivity contribution in [3.8, 4) is 0 Å². The van der Waals surface area contributed by atoms with Crippen LogP contribution in [0.15, 0.2) is 60.7 Å². The van der Waals surface area contributed by atoms with Gasteiger partial charge >= 0.3 is 11.9 Å². The Morgan fingerprint density at radius 2 is 1.38 bits per heavy atom. The lowest BCUT2D eigenvalue weighted by atomic mass is 9.79. The van der Waals surface area contributed by atoms with Crippen LogP contribution in [-0.4, -0.2) is 24.2 Å². The molecule has 0 heterocycles. The molecular formula is C33H48O4. The van der Waals surface area contributed by atoms with Gasteiger partial charge in [0.05, 0.1) is 19.4 Å². The van der Waals surface area contributed by atoms with Crippen molar-refractivity contribution in [1.82, 2.24) is 0 Å². The first-order valence-electron chi connectivity index (χ1n) is 14.3. The van der Waals surface area contributed by atoms with Crippen LogP contribution in [0, 0.1) is 17.8 Å². The average Bonchev–Trinajstić information content (AvgIpc) is 2.93. The summed E-state index contributed by atoms with van der Waals surface area (Å²) in [7, 11) is 1.33. The largest absolute Gasteiger partial charge is 0.481 e. The quantitative estimate of drug-likeness (QED) is 0.205. The van der Waals surface area contributed by atoms with Crippen LogP contribution in [0.4, 0.5) is 0 Å². The van der Waals surface area contributed by atoms with E-state index in [9.17, 15) is 14.7 Å². The summed E-state index contributed by atoms with van der Waals surface area (Å²) in [5.74, 6) is -0.413. The molecule has 2 rings (SSSR count). The molecule has 37 heavy (non-hydrogen) atoms. The van der Waals surface area contributed by atoms with Crippen molar-refractivity contribution < 1.29 is 19.4 Å². The number of hydrogen-bond donors (Lipinski definition) is 1. The fourth-order valence-electron chi connectivity index (χ4n) is 5.72. The van der Waals surface area contributed by atoms with Crippen molar-refractivity contribution in [3.05, 3.63) is 71.8 Å². The molecule has 0 amide bonds. The fourth-order valence-corrected chi connectivity index (χ4v) is 5.72. The number of benzene rings is 2. The van der Waals surface area contributed by atoms with E-state index in [2.05, 4.69) is 75.4 Å². The lowest BCUT2D eigenvalue weighted by Gasteiger charge is -2.26. The highest BCUT2D eigenvalue weighted by Crippen LogP contribution is 2.34. The number of hydrogen-bond acceptors (Lipinski definition) is 3. The summed E-state index contributed by atoms with van der Waals surface area (Å²) in [6.45, 7) is 6.76. The number of carbonyl (C=O) groups is 2. The lowest BCUT2D eigenvalue weighted by molar-refractivity contribution is -0.152. The molecule has 0 aliphatic rings. The van der Waals surface area contributed by atoms with Crippen LogP contribution in [0.25, 0.3) is 0 Å². The Morgan fingerprint density at radius 3 is 1.89 bits per heavy atom. The molecule has 1 N–H and O–H groups in total. The number of ether oxygens (including phenoxy) is 1. The van der Waals surface area contributed by atoms with E-state index in [1.807, 2.05) is 6.07 Å². The number of esters is 1. The highest BCUT2D eigenvalue weighted by atomic mass is 16.5. The van der Waals surface area contributed by atoms with E-state index in [4.69, 9.17) is 4.74 Å². The van der Waals surface area contributed by atoms with Crippen LogP contribution in [-0.2, 0) is 14.3 Å². The molecule has 4 nitrogen and oxygen atoms in total. The first-order valence-corrected chi connectivity index (χ1v) is 14.3. The molecule has 5 unspecified atom stereocenters. The molecule has 5 atom stereocenters. The molecule has 0 aromatic heterocycles. The van der Waals surface area contributed by atoms with E-state index in [1.54, 1.807) is 0 Å². The summed E-state index contributed by atoms with van der Waals surface area (Å²) < 4.78 is 4.84. The van der Waals surface area contributed by atoms with Gasteiger partial charge in [-0.3, -0.25) is 9.59 Å². The summed E-state index contributed by atoms with van der Waals surface area (Å²) in [5, 5.41) is 10.00. The number of methoxy groups -OCH3 is 1. The van der Waals surface area contributed by atoms with Gasteiger partial charge in [0.15, 0.2) is 0 Å². The third-order valence-corrected chi connectivity index (χ3v) is 8.23. The Bertz CT molecular complexity index is 895. The molecule has 204 valence electrons. The molecular weight excluding hydrogens is 460 g/mol. The maximum absolute atomic E-state index is 12.2. The minimum atomic E-state index is -0.881. The predicted molar refractivity (Wildman–Crippen MR) is 152 cm³/mol. The van der Waals surface area contributed by atoms with Gasteiger partial charge in [0.2, 0.25) is 0 Å². The first-order chi connectivity index (χ1) is 17.9. The van der Waals surface area contributed by atoms with Crippen molar-refractivity contribution in [2.24, 2.45) is 17.8 Å². The van der Waals surface area contributed by atoms with Crippen LogP contribution in [0.5, 0.6) is 0 Å². The third kappa shape index (κ3) is 10.7. The third-order valence-electron chi connectivity index (χ3n) is 8.23. The van der Waals surface area contributed by atoms with Gasteiger partial charge in [0, 0.05) is 0 Å². The van der Waals surface area contributed by atoms with E-state index in [0.717, 1.165) is 51.4 Å². The van der Waals surface area contributed by atoms with Gasteiger partial charge in [-0.1, -0.05) is 107 Å². The summed E-state index contributed by atoms with van der Waals surface area (Å²) in [5.41, 5.74) is 2.73. The summed E-state index contributed by atoms with van der Waals surface area (Å²) >= 11 is 0. The molecule has 0 saturated carbocycles. The Kier molecular flexibility index (Phi) is 14.1. The van der Waals surface area contributed by atoms with Crippen LogP contribution >= 0.6 is 0 Å². The molecule has 0 aliphatic heterocycles. The number of carbonyl (C=O) groups excluding carboxylic acids is 1. The maximum atomic E-state index is 12.2. The van der Waals surface area contributed by atoms with Gasteiger partial charge < -0.3 is 9.84 Å². The van der Waals surface area contributed by atoms with Crippen molar-refractivity contribution in [2.45, 2.75) is 96.8 Å². The van der Waals surface area contributed by atoms with Gasteiger partial charge in [-0.05, 0) is 66.9 Å². The van der Waals surface area contributed by atoms with Crippen molar-refractivity contribution >= 4 is 11.9 Å². The summed E-state index contributed by atoms with van der Waals surface area (Å²) in [6.07, 6.45) is 9.10. The molecule has 4 heteroatoms. The molecule has 0 aliphatic carbocycles. The fraction of sp³-hybridized carbons (Fsp3) is 0.576. The lowest BCUT2D eigenvalue weighted by Crippen LogP contribution is -2.27. The van der Waals surface area contributed by atoms with Gasteiger partial charge in [-0.2, -0.15) is 0 Å². The highest BCUT2D eigenvalue weighted by Gasteiger charge is 2.30. The Morgan fingerprint density at radius 1 is 0.811 bits per heavy atom. The minimum Gasteiger partial charge on any atom is -0.481 e. The van der Waals surface area contributed by atoms with E-state index in [1.165, 1.54) is 24.7 Å². The second-order valence-corrected chi connectivity index (χ2v) is 10.7. The normalized spacial score (nSPS) is 15.4. The molecule has 2 aromatic rings. The second-order valence-electron chi connectivity index (χ2n) is 10.7. The topological polar surface area (TPSA) is 63.6 Å². The molecule has 0 bridgehead atoms. The number of rotatable bonds is 18. The molecule has 2 aromatic carbocycles. The van der Waals surface area contributed by atoms with E-state index >= 15 is 0 Å². The predicted octanol–water partition coefficient (Wildman–Crippen LogP) is 8.62. The Balaban J connectivity index is 1.99. The Hall–Kier alpha value is -2.62. The van der Waals surface area contributed by atoms with Crippen LogP contribution in [0.2, 0.25) is 0 Å². The van der Waals surface area contributed by atoms with Crippen LogP contribution in [0.1, 0.15) is 108 Å². The van der Waals surface area contributed by atoms with Gasteiger partial charge in [-0.25, -0.2) is 0 Å². The maximum Gasteiger partial charge on any atom is 0.307 e. The molecule has 0 spiro atoms. The molecule has 0 radical (unpaired) electrons. The van der Waals surface area contributed by atoms with E-state index < -0.39 is 17.9 Å². The number of carboxylic acids is 1. The monoisotopic (exact) mass is 508 g/mol. The molecule has 0 saturated heterocycles. The zero-order valence-corrected chi connectivity index (χ0v) is 23.4. The standard InChI is InChI=1S/C33H48O4/c1-5-26(23-27(6-2)29-19-11-8-12-20-29)16-14-22-30(31(33(35)36)24-32(34)37-4)21-13-15-25(3)28-17-9-7-10-18-28/h7-12,17-20,25-27,30-31H,5-6,13-16,21-24H2,1-4H3,(H,35,36). The zero-order chi connectivity index (χ0) is 27.0. The van der Waals surface area contributed by atoms with Crippen molar-refractivity contribution in [1.29, 1.82) is 0 Å². The van der Waals surface area contributed by atoms with E-state index in [-0.39, 0.29) is 12.3 Å². The Labute approximate surface area is 224 Å². The molecule has 0 fully saturated rings. The number of carboxylic acid groups (broad SMARTS) is 1. The minimum absolute atomic E-state index is 0.0202. The van der Waals surface area contributed by atoms with Crippen LogP contribution < -0.4 is 0 Å². The van der Waals surface area contributed by atoms with Gasteiger partial charge in [0.25, 0.3) is 0 Å². The van der Waals surface area contributed by atoms with E-state index in [0.29, 0.717) is 17.8 Å². The summed E-state index contributed by atoms with van der Waals surface area (Å²) in [4.78, 5) is 24.2. The van der Waals surface area contributed by atoms with Crippen LogP contribution in [0.3, 0.4) is 0 Å². The van der Waals surface area contributed by atoms with Crippen molar-refractivity contribution in [3.63, 3.8) is 0 Å². The first kappa shape index (κ1) is 30.6. The van der Waals surface area contributed by atoms with Gasteiger partial charge in [-0.15, -0.1) is 0 Å². The smallest absolute Gasteiger partial charge is 0.307 e. The summed E-state index contributed by atoms with van der Waals surface area (Å²) in [6, 6.07) is 21.3. The zero-order valence-electron chi connectivity index (χ0n) is 23.4. The number of aliphatic carboxylic acids is 1.